The number of aromatic nitrogens is 1. The molecule has 0 saturated carbocycles. The van der Waals surface area contributed by atoms with Gasteiger partial charge in [0, 0.05) is 37.1 Å². The van der Waals surface area contributed by atoms with Crippen LogP contribution in [0.15, 0.2) is 66.9 Å². The molecule has 1 saturated heterocycles. The number of amides is 3. The van der Waals surface area contributed by atoms with E-state index in [2.05, 4.69) is 21.2 Å². The van der Waals surface area contributed by atoms with E-state index in [0.717, 1.165) is 23.0 Å². The number of fused-ring (bicyclic) bond motifs is 1. The number of ether oxygens (including phenoxy) is 1. The summed E-state index contributed by atoms with van der Waals surface area (Å²) in [7, 11) is 0. The molecule has 214 valence electrons. The molecule has 3 heterocycles. The second kappa shape index (κ2) is 11.8. The average Bonchev–Trinajstić information content (AvgIpc) is 3.12. The number of hydrogen-bond acceptors (Lipinski definition) is 7. The summed E-state index contributed by atoms with van der Waals surface area (Å²) in [5.74, 6) is -1.14. The number of Topliss-reactive ketones (excluding diaryl/α,β-unsaturated/α-hetero) is 1. The van der Waals surface area contributed by atoms with E-state index in [1.54, 1.807) is 4.90 Å². The van der Waals surface area contributed by atoms with Gasteiger partial charge in [-0.1, -0.05) is 36.4 Å². The Morgan fingerprint density at radius 2 is 1.66 bits per heavy atom. The summed E-state index contributed by atoms with van der Waals surface area (Å²) in [4.78, 5) is 46.1. The molecule has 0 spiro atoms. The summed E-state index contributed by atoms with van der Waals surface area (Å²) >= 11 is 0. The maximum absolute atomic E-state index is 13.3. The van der Waals surface area contributed by atoms with Gasteiger partial charge in [0.2, 0.25) is 0 Å². The summed E-state index contributed by atoms with van der Waals surface area (Å²) in [6.07, 6.45) is -3.99. The lowest BCUT2D eigenvalue weighted by Gasteiger charge is -2.30. The van der Waals surface area contributed by atoms with E-state index in [9.17, 15) is 27.6 Å². The Kier molecular flexibility index (Phi) is 8.06. The third-order valence-electron chi connectivity index (χ3n) is 6.83. The van der Waals surface area contributed by atoms with Gasteiger partial charge in [0.15, 0.2) is 11.5 Å². The predicted octanol–water partition coefficient (Wildman–Crippen LogP) is 3.21. The molecule has 3 aromatic rings. The molecule has 1 fully saturated rings. The number of nitrogens with one attached hydrogen (secondary N) is 3. The number of nitrogens with zero attached hydrogens (tertiary/aromatic N) is 3. The van der Waals surface area contributed by atoms with Crippen molar-refractivity contribution in [2.45, 2.75) is 18.6 Å². The van der Waals surface area contributed by atoms with Gasteiger partial charge in [0.25, 0.3) is 5.91 Å². The van der Waals surface area contributed by atoms with Gasteiger partial charge in [0.1, 0.15) is 6.04 Å². The van der Waals surface area contributed by atoms with Crippen LogP contribution in [-0.2, 0) is 22.1 Å². The van der Waals surface area contributed by atoms with Crippen LogP contribution in [0.25, 0.3) is 0 Å². The highest BCUT2D eigenvalue weighted by Crippen LogP contribution is 2.33. The second-order valence-corrected chi connectivity index (χ2v) is 9.51. The van der Waals surface area contributed by atoms with Crippen LogP contribution < -0.4 is 26.0 Å². The molecule has 13 heteroatoms. The quantitative estimate of drug-likeness (QED) is 0.414. The second-order valence-electron chi connectivity index (χ2n) is 9.51. The first-order valence-corrected chi connectivity index (χ1v) is 12.9. The summed E-state index contributed by atoms with van der Waals surface area (Å²) in [6, 6.07) is 15.9. The van der Waals surface area contributed by atoms with E-state index < -0.39 is 29.7 Å². The molecule has 10 nitrogen and oxygen atoms in total. The number of hydrogen-bond donors (Lipinski definition) is 3. The van der Waals surface area contributed by atoms with Crippen molar-refractivity contribution < 1.29 is 32.3 Å². The van der Waals surface area contributed by atoms with Crippen molar-refractivity contribution >= 4 is 34.8 Å². The number of ketones is 1. The minimum Gasteiger partial charge on any atom is -0.378 e. The van der Waals surface area contributed by atoms with Crippen LogP contribution in [0.2, 0.25) is 0 Å². The molecule has 2 aromatic carbocycles. The molecule has 0 aliphatic carbocycles. The van der Waals surface area contributed by atoms with Crippen molar-refractivity contribution in [3.8, 4) is 0 Å². The molecule has 5 rings (SSSR count). The maximum Gasteiger partial charge on any atom is 0.417 e. The standard InChI is InChI=1S/C28H27F3N6O4/c29-28(30,31)19-15-23(36-10-12-41-13-11-36)25(32-16-19)26(39)34-35-27(40)33-21-17-37(20-7-2-1-3-8-20)22-9-5-4-6-18(22)14-24(21)38/h1-9,15-16,21H,10-14,17H2,(H,34,39)(H2,33,35,40)/t21-/m0/s1. The number of halogens is 3. The Hall–Kier alpha value is -4.65. The molecule has 0 bridgehead atoms. The van der Waals surface area contributed by atoms with E-state index in [-0.39, 0.29) is 56.4 Å². The molecule has 3 N–H and O–H groups in total. The van der Waals surface area contributed by atoms with E-state index in [1.165, 1.54) is 0 Å². The molecule has 1 atom stereocenters. The zero-order valence-corrected chi connectivity index (χ0v) is 21.8. The normalized spacial score (nSPS) is 17.3. The number of rotatable bonds is 4. The highest BCUT2D eigenvalue weighted by molar-refractivity contribution is 5.99. The molecule has 0 radical (unpaired) electrons. The fourth-order valence-electron chi connectivity index (χ4n) is 4.79. The highest BCUT2D eigenvalue weighted by Gasteiger charge is 2.34. The van der Waals surface area contributed by atoms with Gasteiger partial charge in [-0.15, -0.1) is 0 Å². The molecule has 41 heavy (non-hydrogen) atoms. The molecule has 2 aliphatic heterocycles. The number of pyridine rings is 1. The van der Waals surface area contributed by atoms with Crippen molar-refractivity contribution in [3.05, 3.63) is 83.7 Å². The lowest BCUT2D eigenvalue weighted by molar-refractivity contribution is -0.137. The Morgan fingerprint density at radius 1 is 0.951 bits per heavy atom. The number of carbonyl (C=O) groups excluding carboxylic acids is 3. The first kappa shape index (κ1) is 27.9. The fourth-order valence-corrected chi connectivity index (χ4v) is 4.79. The van der Waals surface area contributed by atoms with Gasteiger partial charge in [-0.25, -0.2) is 15.2 Å². The van der Waals surface area contributed by atoms with Crippen molar-refractivity contribution in [1.82, 2.24) is 21.2 Å². The van der Waals surface area contributed by atoms with Crippen molar-refractivity contribution in [3.63, 3.8) is 0 Å². The van der Waals surface area contributed by atoms with Crippen LogP contribution in [0, 0.1) is 0 Å². The van der Waals surface area contributed by atoms with Gasteiger partial charge in [-0.05, 0) is 29.8 Å². The first-order chi connectivity index (χ1) is 19.7. The van der Waals surface area contributed by atoms with E-state index in [4.69, 9.17) is 4.74 Å². The smallest absolute Gasteiger partial charge is 0.378 e. The molecule has 1 aromatic heterocycles. The number of carbonyl (C=O) groups is 3. The minimum atomic E-state index is -4.65. The molecular formula is C28H27F3N6O4. The van der Waals surface area contributed by atoms with Crippen molar-refractivity contribution in [1.29, 1.82) is 0 Å². The Balaban J connectivity index is 1.29. The largest absolute Gasteiger partial charge is 0.417 e. The Morgan fingerprint density at radius 3 is 2.39 bits per heavy atom. The third-order valence-corrected chi connectivity index (χ3v) is 6.83. The fraction of sp³-hybridized carbons (Fsp3) is 0.286. The topological polar surface area (TPSA) is 116 Å². The molecular weight excluding hydrogens is 541 g/mol. The zero-order valence-electron chi connectivity index (χ0n) is 21.8. The lowest BCUT2D eigenvalue weighted by Crippen LogP contribution is -2.54. The van der Waals surface area contributed by atoms with E-state index in [0.29, 0.717) is 6.20 Å². The van der Waals surface area contributed by atoms with Gasteiger partial charge < -0.3 is 19.9 Å². The lowest BCUT2D eigenvalue weighted by atomic mass is 10.0. The minimum absolute atomic E-state index is 0.0296. The molecule has 3 amide bonds. The number of para-hydroxylation sites is 2. The third kappa shape index (κ3) is 6.40. The first-order valence-electron chi connectivity index (χ1n) is 12.9. The monoisotopic (exact) mass is 568 g/mol. The summed E-state index contributed by atoms with van der Waals surface area (Å²) in [5, 5.41) is 2.60. The van der Waals surface area contributed by atoms with Crippen LogP contribution in [0.3, 0.4) is 0 Å². The number of anilines is 3. The summed E-state index contributed by atoms with van der Waals surface area (Å²) in [6.45, 7) is 1.22. The SMILES string of the molecule is O=C(NNC(=O)c1ncc(C(F)(F)F)cc1N1CCOCC1)N[C@H]1CN(c2ccccc2)c2ccccc2CC1=O. The number of hydrazine groups is 1. The summed E-state index contributed by atoms with van der Waals surface area (Å²) < 4.78 is 45.3. The van der Waals surface area contributed by atoms with Crippen LogP contribution >= 0.6 is 0 Å². The predicted molar refractivity (Wildman–Crippen MR) is 144 cm³/mol. The van der Waals surface area contributed by atoms with Gasteiger partial charge in [0.05, 0.1) is 31.0 Å². The van der Waals surface area contributed by atoms with E-state index >= 15 is 0 Å². The van der Waals surface area contributed by atoms with Crippen LogP contribution in [0.4, 0.5) is 35.0 Å². The molecule has 2 aliphatic rings. The highest BCUT2D eigenvalue weighted by atomic mass is 19.4. The van der Waals surface area contributed by atoms with E-state index in [1.807, 2.05) is 59.5 Å². The average molecular weight is 569 g/mol. The Bertz CT molecular complexity index is 1430. The number of morpholine rings is 1. The Labute approximate surface area is 233 Å². The number of alkyl halides is 3. The number of urea groups is 1. The van der Waals surface area contributed by atoms with Gasteiger partial charge in [-0.2, -0.15) is 13.2 Å². The van der Waals surface area contributed by atoms with Crippen LogP contribution in [-0.4, -0.2) is 61.6 Å². The van der Waals surface area contributed by atoms with Crippen molar-refractivity contribution in [2.75, 3.05) is 42.6 Å². The van der Waals surface area contributed by atoms with Gasteiger partial charge >= 0.3 is 12.2 Å². The van der Waals surface area contributed by atoms with Crippen molar-refractivity contribution in [2.24, 2.45) is 0 Å². The maximum atomic E-state index is 13.3. The van der Waals surface area contributed by atoms with Crippen LogP contribution in [0.5, 0.6) is 0 Å². The number of benzene rings is 2. The van der Waals surface area contributed by atoms with Gasteiger partial charge in [-0.3, -0.25) is 15.0 Å². The summed E-state index contributed by atoms with van der Waals surface area (Å²) in [5.41, 5.74) is 5.54. The van der Waals surface area contributed by atoms with Crippen LogP contribution in [0.1, 0.15) is 21.6 Å². The molecule has 0 unspecified atom stereocenters. The zero-order chi connectivity index (χ0) is 29.0.